The average Bonchev–Trinajstić information content (AvgIpc) is 3.69. The van der Waals surface area contributed by atoms with Crippen molar-refractivity contribution in [3.63, 3.8) is 0 Å². The van der Waals surface area contributed by atoms with Crippen molar-refractivity contribution < 1.29 is 45.2 Å². The molecule has 3 aromatic rings. The van der Waals surface area contributed by atoms with Gasteiger partial charge in [-0.25, -0.2) is 8.51 Å². The summed E-state index contributed by atoms with van der Waals surface area (Å²) in [5, 5.41) is 18.3. The van der Waals surface area contributed by atoms with Gasteiger partial charge in [0, 0.05) is 94.0 Å². The number of carbonyl (C=O) groups is 2. The lowest BCUT2D eigenvalue weighted by atomic mass is 9.97. The van der Waals surface area contributed by atoms with E-state index in [9.17, 15) is 45.2 Å². The number of aliphatic hydroxyl groups excluding tert-OH is 1. The molecule has 2 saturated heterocycles. The molecule has 2 N–H and O–H groups in total. The number of hydrogen-bond acceptors (Lipinski definition) is 7. The molecule has 282 valence electrons. The Bertz CT molecular complexity index is 1810. The van der Waals surface area contributed by atoms with Gasteiger partial charge in [-0.1, -0.05) is 6.07 Å². The number of piperidine rings is 1. The van der Waals surface area contributed by atoms with E-state index in [1.807, 2.05) is 4.90 Å². The van der Waals surface area contributed by atoms with Crippen LogP contribution in [0.3, 0.4) is 0 Å². The largest absolute Gasteiger partial charge is 0.433 e. The predicted octanol–water partition coefficient (Wildman–Crippen LogP) is 4.01. The summed E-state index contributed by atoms with van der Waals surface area (Å²) in [4.78, 5) is 32.3. The van der Waals surface area contributed by atoms with Gasteiger partial charge in [0.15, 0.2) is 0 Å². The Kier molecular flexibility index (Phi) is 11.1. The van der Waals surface area contributed by atoms with Crippen molar-refractivity contribution in [2.24, 2.45) is 0 Å². The lowest BCUT2D eigenvalue weighted by Crippen LogP contribution is -2.47. The van der Waals surface area contributed by atoms with Crippen LogP contribution in [0, 0.1) is 0 Å². The Hall–Kier alpha value is -3.87. The maximum atomic E-state index is 14.1. The van der Waals surface area contributed by atoms with Crippen LogP contribution >= 0.6 is 0 Å². The highest BCUT2D eigenvalue weighted by Gasteiger charge is 2.36. The van der Waals surface area contributed by atoms with E-state index in [-0.39, 0.29) is 36.2 Å². The van der Waals surface area contributed by atoms with Gasteiger partial charge in [0.2, 0.25) is 5.91 Å². The minimum atomic E-state index is -4.79. The summed E-state index contributed by atoms with van der Waals surface area (Å²) in [6.45, 7) is 2.79. The Balaban J connectivity index is 1.21. The number of aromatic nitrogens is 3. The van der Waals surface area contributed by atoms with Crippen molar-refractivity contribution in [2.75, 3.05) is 39.0 Å². The van der Waals surface area contributed by atoms with Gasteiger partial charge in [-0.2, -0.15) is 31.4 Å². The fourth-order valence-corrected chi connectivity index (χ4v) is 7.89. The van der Waals surface area contributed by atoms with Crippen LogP contribution in [0.2, 0.25) is 0 Å². The van der Waals surface area contributed by atoms with Gasteiger partial charge in [-0.15, -0.1) is 0 Å². The number of benzene rings is 1. The lowest BCUT2D eigenvalue weighted by Gasteiger charge is -2.37. The van der Waals surface area contributed by atoms with Crippen LogP contribution in [0.5, 0.6) is 0 Å². The van der Waals surface area contributed by atoms with Crippen LogP contribution in [0.25, 0.3) is 11.3 Å². The topological polar surface area (TPSA) is 124 Å². The molecule has 0 saturated carbocycles. The van der Waals surface area contributed by atoms with Crippen LogP contribution in [0.1, 0.15) is 64.1 Å². The van der Waals surface area contributed by atoms with Crippen LogP contribution in [0.15, 0.2) is 36.5 Å². The maximum absolute atomic E-state index is 14.1. The van der Waals surface area contributed by atoms with Crippen molar-refractivity contribution in [2.45, 2.75) is 76.2 Å². The van der Waals surface area contributed by atoms with Crippen LogP contribution in [-0.2, 0) is 54.2 Å². The number of hydrogen-bond donors (Lipinski definition) is 2. The molecule has 6 rings (SSSR count). The van der Waals surface area contributed by atoms with Crippen molar-refractivity contribution in [3.05, 3.63) is 70.2 Å². The second-order valence-corrected chi connectivity index (χ2v) is 14.7. The molecule has 2 fully saturated rings. The molecule has 3 aliphatic heterocycles. The third-order valence-corrected chi connectivity index (χ3v) is 10.9. The molecular weight excluding hydrogens is 716 g/mol. The van der Waals surface area contributed by atoms with Crippen molar-refractivity contribution in [1.82, 2.24) is 34.2 Å². The van der Waals surface area contributed by atoms with Crippen LogP contribution in [0.4, 0.5) is 26.3 Å². The SMILES string of the molecule is CS(=O)N1CCc2c(c(-c3ccc(C(F)(F)F)c(CNC(=O)c4ccc(C(F)(F)F)nc4)c3)nn2CC(O)CN2CCC(N3CCCC3=O)CC2)C1. The molecule has 52 heavy (non-hydrogen) atoms. The number of carbonyl (C=O) groups excluding carboxylic acids is 2. The third-order valence-electron chi connectivity index (χ3n) is 9.86. The highest BCUT2D eigenvalue weighted by Crippen LogP contribution is 2.37. The summed E-state index contributed by atoms with van der Waals surface area (Å²) in [5.74, 6) is -0.714. The second kappa shape index (κ2) is 15.2. The molecule has 0 aliphatic carbocycles. The number of pyridine rings is 1. The standard InChI is InChI=1S/C34H39F6N7O4S/c1-52(51)45-14-10-28-26(20-45)31(43-47(28)19-25(48)18-44-12-8-24(9-13-44)46-11-2-3-30(46)49)21-4-6-27(33(35,36)37)23(15-21)17-42-32(50)22-5-7-29(41-16-22)34(38,39)40/h4-7,15-16,24-25,48H,2-3,8-14,17-20H2,1H3,(H,42,50). The van der Waals surface area contributed by atoms with E-state index in [0.717, 1.165) is 56.7 Å². The molecule has 18 heteroatoms. The normalized spacial score (nSPS) is 19.2. The second-order valence-electron chi connectivity index (χ2n) is 13.4. The number of amides is 2. The first kappa shape index (κ1) is 37.9. The Morgan fingerprint density at radius 3 is 2.38 bits per heavy atom. The van der Waals surface area contributed by atoms with E-state index >= 15 is 0 Å². The lowest BCUT2D eigenvalue weighted by molar-refractivity contribution is -0.141. The fourth-order valence-electron chi connectivity index (χ4n) is 7.23. The number of fused-ring (bicyclic) bond motifs is 1. The Labute approximate surface area is 298 Å². The molecule has 0 bridgehead atoms. The Morgan fingerprint density at radius 1 is 1.02 bits per heavy atom. The molecule has 0 radical (unpaired) electrons. The zero-order valence-electron chi connectivity index (χ0n) is 28.3. The average molecular weight is 756 g/mol. The summed E-state index contributed by atoms with van der Waals surface area (Å²) in [6.07, 6.45) is -4.54. The number of β-amino-alcohol motifs (C(OH)–C–C–N with tert-alkyl or cyclic N) is 1. The predicted molar refractivity (Wildman–Crippen MR) is 178 cm³/mol. The van der Waals surface area contributed by atoms with Gasteiger partial charge in [0.05, 0.1) is 40.5 Å². The molecule has 2 atom stereocenters. The first-order chi connectivity index (χ1) is 24.6. The molecule has 0 spiro atoms. The van der Waals surface area contributed by atoms with E-state index in [4.69, 9.17) is 5.10 Å². The molecular formula is C34H39F6N7O4S. The number of halogens is 6. The number of likely N-dealkylation sites (tertiary alicyclic amines) is 2. The molecule has 2 aromatic heterocycles. The van der Waals surface area contributed by atoms with E-state index in [1.54, 1.807) is 8.99 Å². The third kappa shape index (κ3) is 8.50. The molecule has 2 unspecified atom stereocenters. The number of aliphatic hydroxyl groups is 1. The monoisotopic (exact) mass is 755 g/mol. The summed E-state index contributed by atoms with van der Waals surface area (Å²) in [7, 11) is -1.34. The maximum Gasteiger partial charge on any atom is 0.433 e. The van der Waals surface area contributed by atoms with Crippen molar-refractivity contribution >= 4 is 22.8 Å². The van der Waals surface area contributed by atoms with Crippen molar-refractivity contribution in [3.8, 4) is 11.3 Å². The highest BCUT2D eigenvalue weighted by atomic mass is 32.2. The molecule has 1 aromatic carbocycles. The van der Waals surface area contributed by atoms with Gasteiger partial charge in [0.25, 0.3) is 5.91 Å². The fraction of sp³-hybridized carbons (Fsp3) is 0.529. The zero-order chi connectivity index (χ0) is 37.4. The summed E-state index contributed by atoms with van der Waals surface area (Å²) in [6, 6.07) is 5.12. The number of nitrogens with one attached hydrogen (secondary N) is 1. The number of nitrogens with zero attached hydrogens (tertiary/aromatic N) is 6. The quantitative estimate of drug-likeness (QED) is 0.300. The number of alkyl halides is 6. The molecule has 5 heterocycles. The van der Waals surface area contributed by atoms with Crippen molar-refractivity contribution in [1.29, 1.82) is 0 Å². The Morgan fingerprint density at radius 2 is 1.77 bits per heavy atom. The van der Waals surface area contributed by atoms with Gasteiger partial charge in [-0.05, 0) is 49.1 Å². The molecule has 11 nitrogen and oxygen atoms in total. The summed E-state index contributed by atoms with van der Waals surface area (Å²) < 4.78 is 96.9. The van der Waals surface area contributed by atoms with Gasteiger partial charge < -0.3 is 20.2 Å². The minimum Gasteiger partial charge on any atom is -0.390 e. The minimum absolute atomic E-state index is 0.118. The molecule has 3 aliphatic rings. The van der Waals surface area contributed by atoms with E-state index in [0.29, 0.717) is 55.0 Å². The summed E-state index contributed by atoms with van der Waals surface area (Å²) in [5.41, 5.74) is -0.702. The zero-order valence-corrected chi connectivity index (χ0v) is 29.2. The highest BCUT2D eigenvalue weighted by molar-refractivity contribution is 7.81. The van der Waals surface area contributed by atoms with Crippen LogP contribution in [-0.4, -0.2) is 101 Å². The van der Waals surface area contributed by atoms with Crippen LogP contribution < -0.4 is 5.32 Å². The van der Waals surface area contributed by atoms with E-state index in [1.165, 1.54) is 18.4 Å². The number of rotatable bonds is 10. The van der Waals surface area contributed by atoms with E-state index in [2.05, 4.69) is 15.2 Å². The van der Waals surface area contributed by atoms with E-state index < -0.39 is 53.2 Å². The van der Waals surface area contributed by atoms with Gasteiger partial charge >= 0.3 is 12.4 Å². The van der Waals surface area contributed by atoms with Gasteiger partial charge in [-0.3, -0.25) is 19.3 Å². The summed E-state index contributed by atoms with van der Waals surface area (Å²) >= 11 is 0. The van der Waals surface area contributed by atoms with Gasteiger partial charge in [0.1, 0.15) is 5.69 Å². The first-order valence-electron chi connectivity index (χ1n) is 17.0. The smallest absolute Gasteiger partial charge is 0.390 e. The first-order valence-corrected chi connectivity index (χ1v) is 18.5. The molecule has 2 amide bonds.